The van der Waals surface area contributed by atoms with Gasteiger partial charge in [-0.15, -0.1) is 0 Å². The second-order valence-electron chi connectivity index (χ2n) is 8.18. The van der Waals surface area contributed by atoms with Crippen molar-refractivity contribution in [2.75, 3.05) is 36.8 Å². The van der Waals surface area contributed by atoms with E-state index >= 15 is 0 Å². The van der Waals surface area contributed by atoms with Gasteiger partial charge >= 0.3 is 0 Å². The molecule has 4 aromatic rings. The van der Waals surface area contributed by atoms with E-state index in [1.807, 2.05) is 19.1 Å². The molecule has 0 spiro atoms. The molecule has 5 rings (SSSR count). The SMILES string of the molecule is Cc1ncc(Cn2c(NC3CCN(CCNc4nccc(=O)[nH]4)CC3)nc3cccnc32)o1. The van der Waals surface area contributed by atoms with E-state index in [2.05, 4.69) is 40.0 Å². The van der Waals surface area contributed by atoms with Gasteiger partial charge in [0, 0.05) is 57.6 Å². The first-order valence-corrected chi connectivity index (χ1v) is 11.1. The zero-order valence-corrected chi connectivity index (χ0v) is 18.5. The summed E-state index contributed by atoms with van der Waals surface area (Å²) in [5, 5.41) is 6.81. The number of anilines is 2. The molecule has 5 heterocycles. The Balaban J connectivity index is 1.18. The van der Waals surface area contributed by atoms with Gasteiger partial charge in [-0.3, -0.25) is 14.3 Å². The summed E-state index contributed by atoms with van der Waals surface area (Å²) in [4.78, 5) is 34.1. The third-order valence-electron chi connectivity index (χ3n) is 5.80. The lowest BCUT2D eigenvalue weighted by molar-refractivity contribution is 0.226. The molecule has 3 N–H and O–H groups in total. The molecule has 0 saturated carbocycles. The van der Waals surface area contributed by atoms with Crippen LogP contribution in [0.3, 0.4) is 0 Å². The van der Waals surface area contributed by atoms with Gasteiger partial charge in [-0.2, -0.15) is 0 Å². The van der Waals surface area contributed by atoms with Crippen molar-refractivity contribution in [3.63, 3.8) is 0 Å². The number of aromatic amines is 1. The molecule has 0 unspecified atom stereocenters. The maximum Gasteiger partial charge on any atom is 0.252 e. The number of pyridine rings is 1. The largest absolute Gasteiger partial charge is 0.444 e. The van der Waals surface area contributed by atoms with Gasteiger partial charge in [-0.25, -0.2) is 19.9 Å². The Labute approximate surface area is 190 Å². The quantitative estimate of drug-likeness (QED) is 0.369. The van der Waals surface area contributed by atoms with Crippen molar-refractivity contribution >= 4 is 23.1 Å². The third kappa shape index (κ3) is 5.03. The van der Waals surface area contributed by atoms with Crippen LogP contribution in [0.4, 0.5) is 11.9 Å². The van der Waals surface area contributed by atoms with Crippen LogP contribution in [0, 0.1) is 6.92 Å². The van der Waals surface area contributed by atoms with Crippen LogP contribution in [0.25, 0.3) is 11.2 Å². The molecular formula is C22H27N9O2. The Morgan fingerprint density at radius 1 is 1.18 bits per heavy atom. The standard InChI is InChI=1S/C22H27N9O2/c1-15-26-13-17(33-15)14-31-20-18(3-2-7-23-20)28-22(31)27-16-5-10-30(11-6-16)12-9-25-21-24-8-4-19(32)29-21/h2-4,7-8,13,16H,5-6,9-12,14H2,1H3,(H,27,28)(H2,24,25,29,32). The number of piperidine rings is 1. The van der Waals surface area contributed by atoms with Crippen LogP contribution >= 0.6 is 0 Å². The Kier molecular flexibility index (Phi) is 6.03. The Morgan fingerprint density at radius 2 is 2.06 bits per heavy atom. The lowest BCUT2D eigenvalue weighted by Crippen LogP contribution is -2.41. The summed E-state index contributed by atoms with van der Waals surface area (Å²) in [6.45, 7) is 5.94. The summed E-state index contributed by atoms with van der Waals surface area (Å²) in [5.74, 6) is 2.73. The average molecular weight is 450 g/mol. The van der Waals surface area contributed by atoms with Crippen molar-refractivity contribution in [3.05, 3.63) is 58.8 Å². The van der Waals surface area contributed by atoms with Crippen molar-refractivity contribution < 1.29 is 4.42 Å². The summed E-state index contributed by atoms with van der Waals surface area (Å²) in [7, 11) is 0. The predicted molar refractivity (Wildman–Crippen MR) is 124 cm³/mol. The predicted octanol–water partition coefficient (Wildman–Crippen LogP) is 1.85. The summed E-state index contributed by atoms with van der Waals surface area (Å²) in [5.41, 5.74) is 1.52. The molecule has 0 atom stereocenters. The monoisotopic (exact) mass is 449 g/mol. The number of rotatable bonds is 8. The smallest absolute Gasteiger partial charge is 0.252 e. The number of imidazole rings is 1. The van der Waals surface area contributed by atoms with E-state index in [0.29, 0.717) is 24.4 Å². The lowest BCUT2D eigenvalue weighted by atomic mass is 10.1. The minimum Gasteiger partial charge on any atom is -0.444 e. The van der Waals surface area contributed by atoms with E-state index < -0.39 is 0 Å². The van der Waals surface area contributed by atoms with E-state index in [0.717, 1.165) is 61.9 Å². The summed E-state index contributed by atoms with van der Waals surface area (Å²) in [6, 6.07) is 5.60. The second kappa shape index (κ2) is 9.41. The van der Waals surface area contributed by atoms with Crippen molar-refractivity contribution in [2.45, 2.75) is 32.4 Å². The van der Waals surface area contributed by atoms with E-state index in [1.54, 1.807) is 12.4 Å². The van der Waals surface area contributed by atoms with E-state index in [9.17, 15) is 4.79 Å². The fourth-order valence-corrected chi connectivity index (χ4v) is 4.13. The molecule has 0 amide bonds. The fourth-order valence-electron chi connectivity index (χ4n) is 4.13. The minimum absolute atomic E-state index is 0.154. The number of hydrogen-bond acceptors (Lipinski definition) is 9. The number of fused-ring (bicyclic) bond motifs is 1. The number of H-pyrrole nitrogens is 1. The van der Waals surface area contributed by atoms with Gasteiger partial charge in [-0.1, -0.05) is 0 Å². The summed E-state index contributed by atoms with van der Waals surface area (Å²) in [6.07, 6.45) is 7.06. The Hall–Kier alpha value is -3.73. The molecule has 1 fully saturated rings. The van der Waals surface area contributed by atoms with E-state index in [4.69, 9.17) is 9.40 Å². The first-order valence-electron chi connectivity index (χ1n) is 11.1. The number of nitrogens with zero attached hydrogens (tertiary/aromatic N) is 6. The van der Waals surface area contributed by atoms with Gasteiger partial charge in [0.2, 0.25) is 11.9 Å². The van der Waals surface area contributed by atoms with Crippen LogP contribution in [0.15, 0.2) is 46.0 Å². The van der Waals surface area contributed by atoms with Gasteiger partial charge in [0.15, 0.2) is 11.5 Å². The lowest BCUT2D eigenvalue weighted by Gasteiger charge is -2.32. The number of oxazole rings is 1. The number of nitrogens with one attached hydrogen (secondary N) is 3. The molecule has 0 radical (unpaired) electrons. The highest BCUT2D eigenvalue weighted by Gasteiger charge is 2.22. The first-order chi connectivity index (χ1) is 16.1. The number of hydrogen-bond donors (Lipinski definition) is 3. The van der Waals surface area contributed by atoms with Gasteiger partial charge in [0.25, 0.3) is 5.56 Å². The number of aryl methyl sites for hydroxylation is 1. The molecular weight excluding hydrogens is 422 g/mol. The van der Waals surface area contributed by atoms with Crippen molar-refractivity contribution in [3.8, 4) is 0 Å². The molecule has 1 saturated heterocycles. The van der Waals surface area contributed by atoms with Crippen LogP contribution in [0.5, 0.6) is 0 Å². The number of aromatic nitrogens is 6. The zero-order valence-electron chi connectivity index (χ0n) is 18.5. The van der Waals surface area contributed by atoms with E-state index in [-0.39, 0.29) is 5.56 Å². The topological polar surface area (TPSA) is 130 Å². The van der Waals surface area contributed by atoms with Crippen molar-refractivity contribution in [1.82, 2.24) is 34.4 Å². The molecule has 33 heavy (non-hydrogen) atoms. The average Bonchev–Trinajstić information content (AvgIpc) is 3.38. The first kappa shape index (κ1) is 21.1. The third-order valence-corrected chi connectivity index (χ3v) is 5.80. The molecule has 0 aliphatic carbocycles. The Bertz CT molecular complexity index is 1270. The molecule has 1 aliphatic heterocycles. The van der Waals surface area contributed by atoms with Gasteiger partial charge in [-0.05, 0) is 25.0 Å². The Morgan fingerprint density at radius 3 is 2.85 bits per heavy atom. The second-order valence-corrected chi connectivity index (χ2v) is 8.18. The minimum atomic E-state index is -0.154. The van der Waals surface area contributed by atoms with Crippen LogP contribution in [0.2, 0.25) is 0 Å². The maximum atomic E-state index is 11.4. The molecule has 1 aliphatic rings. The maximum absolute atomic E-state index is 11.4. The van der Waals surface area contributed by atoms with Gasteiger partial charge in [0.1, 0.15) is 11.3 Å². The molecule has 11 nitrogen and oxygen atoms in total. The van der Waals surface area contributed by atoms with Crippen LogP contribution < -0.4 is 16.2 Å². The molecule has 0 aromatic carbocycles. The molecule has 0 bridgehead atoms. The van der Waals surface area contributed by atoms with Crippen LogP contribution in [0.1, 0.15) is 24.5 Å². The highest BCUT2D eigenvalue weighted by molar-refractivity contribution is 5.74. The fraction of sp³-hybridized carbons (Fsp3) is 0.409. The van der Waals surface area contributed by atoms with Gasteiger partial charge < -0.3 is 20.0 Å². The zero-order chi connectivity index (χ0) is 22.6. The van der Waals surface area contributed by atoms with Crippen LogP contribution in [-0.2, 0) is 6.54 Å². The summed E-state index contributed by atoms with van der Waals surface area (Å²) >= 11 is 0. The summed E-state index contributed by atoms with van der Waals surface area (Å²) < 4.78 is 7.74. The highest BCUT2D eigenvalue weighted by Crippen LogP contribution is 2.22. The van der Waals surface area contributed by atoms with Crippen LogP contribution in [-0.4, -0.2) is 66.6 Å². The van der Waals surface area contributed by atoms with Crippen molar-refractivity contribution in [2.24, 2.45) is 0 Å². The number of likely N-dealkylation sites (tertiary alicyclic amines) is 1. The van der Waals surface area contributed by atoms with Crippen molar-refractivity contribution in [1.29, 1.82) is 0 Å². The molecule has 11 heteroatoms. The molecule has 172 valence electrons. The normalized spacial score (nSPS) is 15.2. The molecule has 4 aromatic heterocycles. The highest BCUT2D eigenvalue weighted by atomic mass is 16.4. The van der Waals surface area contributed by atoms with E-state index in [1.165, 1.54) is 12.3 Å². The van der Waals surface area contributed by atoms with Gasteiger partial charge in [0.05, 0.1) is 12.7 Å².